The SMILES string of the molecule is CC(C)[C@H](NC(=O)OCc1ccccc1)C(=O)OC[C@@H]1C(=O)N2[C@@H](C(=O)OCc3ccccc3)C(C)(C)S(=O)(=O)[C@H]12. The van der Waals surface area contributed by atoms with E-state index in [0.717, 1.165) is 10.5 Å². The Morgan fingerprint density at radius 2 is 1.44 bits per heavy atom. The van der Waals surface area contributed by atoms with E-state index in [9.17, 15) is 27.6 Å². The van der Waals surface area contributed by atoms with Crippen LogP contribution in [0.5, 0.6) is 0 Å². The summed E-state index contributed by atoms with van der Waals surface area (Å²) in [5, 5.41) is 1.13. The van der Waals surface area contributed by atoms with Gasteiger partial charge in [0.2, 0.25) is 5.91 Å². The van der Waals surface area contributed by atoms with Crippen molar-refractivity contribution >= 4 is 33.8 Å². The molecule has 0 spiro atoms. The molecule has 0 aliphatic carbocycles. The molecule has 2 amide bonds. The molecule has 4 atom stereocenters. The van der Waals surface area contributed by atoms with Gasteiger partial charge in [0, 0.05) is 0 Å². The second-order valence-electron chi connectivity index (χ2n) is 10.9. The molecule has 2 saturated heterocycles. The van der Waals surface area contributed by atoms with E-state index in [0.29, 0.717) is 5.56 Å². The normalized spacial score (nSPS) is 22.7. The van der Waals surface area contributed by atoms with Crippen LogP contribution < -0.4 is 5.32 Å². The number of fused-ring (bicyclic) bond motifs is 1. The Morgan fingerprint density at radius 3 is 1.98 bits per heavy atom. The minimum absolute atomic E-state index is 0.00320. The zero-order chi connectivity index (χ0) is 29.9. The smallest absolute Gasteiger partial charge is 0.408 e. The molecule has 2 aromatic carbocycles. The van der Waals surface area contributed by atoms with Gasteiger partial charge in [0.15, 0.2) is 15.2 Å². The number of esters is 2. The van der Waals surface area contributed by atoms with E-state index < -0.39 is 74.4 Å². The molecule has 0 bridgehead atoms. The quantitative estimate of drug-likeness (QED) is 0.252. The van der Waals surface area contributed by atoms with E-state index in [1.165, 1.54) is 13.8 Å². The van der Waals surface area contributed by atoms with Crippen molar-refractivity contribution in [2.75, 3.05) is 6.61 Å². The fraction of sp³-hybridized carbons (Fsp3) is 0.448. The highest BCUT2D eigenvalue weighted by molar-refractivity contribution is 7.93. The van der Waals surface area contributed by atoms with Crippen LogP contribution in [0.4, 0.5) is 4.79 Å². The molecule has 41 heavy (non-hydrogen) atoms. The van der Waals surface area contributed by atoms with Crippen molar-refractivity contribution < 1.29 is 41.8 Å². The lowest BCUT2D eigenvalue weighted by Gasteiger charge is -2.42. The third-order valence-corrected chi connectivity index (χ3v) is 10.3. The van der Waals surface area contributed by atoms with E-state index >= 15 is 0 Å². The van der Waals surface area contributed by atoms with Crippen molar-refractivity contribution in [1.82, 2.24) is 10.2 Å². The molecule has 0 unspecified atom stereocenters. The van der Waals surface area contributed by atoms with Gasteiger partial charge < -0.3 is 24.4 Å². The highest BCUT2D eigenvalue weighted by atomic mass is 32.2. The molecule has 11 nitrogen and oxygen atoms in total. The number of hydrogen-bond acceptors (Lipinski definition) is 9. The van der Waals surface area contributed by atoms with Crippen LogP contribution in [0, 0.1) is 11.8 Å². The van der Waals surface area contributed by atoms with Gasteiger partial charge in [-0.15, -0.1) is 0 Å². The lowest BCUT2D eigenvalue weighted by molar-refractivity contribution is -0.172. The van der Waals surface area contributed by atoms with Crippen molar-refractivity contribution in [2.45, 2.75) is 63.1 Å². The monoisotopic (exact) mass is 586 g/mol. The van der Waals surface area contributed by atoms with Crippen molar-refractivity contribution in [3.8, 4) is 0 Å². The lowest BCUT2D eigenvalue weighted by atomic mass is 9.92. The first-order chi connectivity index (χ1) is 19.4. The molecule has 0 saturated carbocycles. The zero-order valence-corrected chi connectivity index (χ0v) is 24.1. The summed E-state index contributed by atoms with van der Waals surface area (Å²) in [5.74, 6) is -3.87. The van der Waals surface area contributed by atoms with E-state index in [4.69, 9.17) is 14.2 Å². The van der Waals surface area contributed by atoms with Crippen LogP contribution in [0.15, 0.2) is 60.7 Å². The van der Waals surface area contributed by atoms with E-state index in [2.05, 4.69) is 5.32 Å². The predicted octanol–water partition coefficient (Wildman–Crippen LogP) is 2.58. The number of ether oxygens (including phenoxy) is 3. The van der Waals surface area contributed by atoms with Gasteiger partial charge in [0.1, 0.15) is 37.8 Å². The van der Waals surface area contributed by atoms with Crippen LogP contribution in [0.2, 0.25) is 0 Å². The number of rotatable bonds is 10. The standard InChI is InChI=1S/C29H34N2O9S/c1-18(2)22(30-28(35)40-16-20-13-9-6-10-14-20)26(33)39-17-21-24(32)31-23(29(3,4)41(36,37)25(21)31)27(34)38-15-19-11-7-5-8-12-19/h5-14,18,21-23,25H,15-17H2,1-4H3,(H,30,35)/t21-,22+,23+,25-/m1/s1. The van der Waals surface area contributed by atoms with E-state index in [-0.39, 0.29) is 13.2 Å². The number of nitrogens with one attached hydrogen (secondary N) is 1. The van der Waals surface area contributed by atoms with Crippen LogP contribution in [0.1, 0.15) is 38.8 Å². The van der Waals surface area contributed by atoms with Gasteiger partial charge in [0.25, 0.3) is 0 Å². The van der Waals surface area contributed by atoms with Gasteiger partial charge in [-0.05, 0) is 30.9 Å². The molecule has 0 radical (unpaired) electrons. The van der Waals surface area contributed by atoms with Crippen LogP contribution in [-0.2, 0) is 51.6 Å². The Kier molecular flexibility index (Phi) is 8.71. The van der Waals surface area contributed by atoms with E-state index in [1.807, 2.05) is 12.1 Å². The molecule has 0 aromatic heterocycles. The second-order valence-corrected chi connectivity index (χ2v) is 13.6. The number of sulfone groups is 1. The Balaban J connectivity index is 1.37. The summed E-state index contributed by atoms with van der Waals surface area (Å²) in [6, 6.07) is 15.4. The fourth-order valence-electron chi connectivity index (χ4n) is 5.00. The number of benzene rings is 2. The first-order valence-corrected chi connectivity index (χ1v) is 14.8. The van der Waals surface area contributed by atoms with Crippen molar-refractivity contribution in [1.29, 1.82) is 0 Å². The third-order valence-electron chi connectivity index (χ3n) is 7.44. The number of hydrogen-bond donors (Lipinski definition) is 1. The summed E-state index contributed by atoms with van der Waals surface area (Å²) in [6.45, 7) is 5.55. The molecule has 12 heteroatoms. The lowest BCUT2D eigenvalue weighted by Crippen LogP contribution is -2.65. The van der Waals surface area contributed by atoms with Gasteiger partial charge in [0.05, 0.1) is 4.75 Å². The van der Waals surface area contributed by atoms with Crippen LogP contribution in [0.25, 0.3) is 0 Å². The summed E-state index contributed by atoms with van der Waals surface area (Å²) in [6.07, 6.45) is -0.827. The summed E-state index contributed by atoms with van der Waals surface area (Å²) in [4.78, 5) is 52.3. The van der Waals surface area contributed by atoms with Crippen molar-refractivity contribution in [3.63, 3.8) is 0 Å². The van der Waals surface area contributed by atoms with E-state index in [1.54, 1.807) is 62.4 Å². The summed E-state index contributed by atoms with van der Waals surface area (Å²) >= 11 is 0. The van der Waals surface area contributed by atoms with Gasteiger partial charge in [-0.25, -0.2) is 22.8 Å². The number of carbonyl (C=O) groups is 4. The summed E-state index contributed by atoms with van der Waals surface area (Å²) in [7, 11) is -4.04. The molecule has 2 heterocycles. The van der Waals surface area contributed by atoms with Crippen LogP contribution >= 0.6 is 0 Å². The highest BCUT2D eigenvalue weighted by Gasteiger charge is 2.72. The number of alkyl carbamates (subject to hydrolysis) is 1. The average Bonchev–Trinajstić information content (AvgIpc) is 3.09. The maximum Gasteiger partial charge on any atom is 0.408 e. The molecule has 4 rings (SSSR count). The summed E-state index contributed by atoms with van der Waals surface area (Å²) in [5.41, 5.74) is 1.48. The van der Waals surface area contributed by atoms with Crippen molar-refractivity contribution in [3.05, 3.63) is 71.8 Å². The maximum absolute atomic E-state index is 13.4. The Hall–Kier alpha value is -3.93. The van der Waals surface area contributed by atoms with Gasteiger partial charge in [-0.2, -0.15) is 0 Å². The third kappa shape index (κ3) is 5.92. The number of amides is 2. The Morgan fingerprint density at radius 1 is 0.902 bits per heavy atom. The molecular weight excluding hydrogens is 552 g/mol. The minimum atomic E-state index is -4.04. The second kappa shape index (κ2) is 11.9. The molecule has 2 fully saturated rings. The van der Waals surface area contributed by atoms with Crippen LogP contribution in [-0.4, -0.2) is 66.1 Å². The first-order valence-electron chi connectivity index (χ1n) is 13.3. The first kappa shape index (κ1) is 30.0. The van der Waals surface area contributed by atoms with Gasteiger partial charge in [-0.1, -0.05) is 74.5 Å². The van der Waals surface area contributed by atoms with Gasteiger partial charge in [-0.3, -0.25) is 4.79 Å². The predicted molar refractivity (Wildman–Crippen MR) is 146 cm³/mol. The topological polar surface area (TPSA) is 145 Å². The van der Waals surface area contributed by atoms with Crippen molar-refractivity contribution in [2.24, 2.45) is 11.8 Å². The zero-order valence-electron chi connectivity index (χ0n) is 23.3. The Bertz CT molecular complexity index is 1390. The summed E-state index contributed by atoms with van der Waals surface area (Å²) < 4.78 is 41.1. The number of carbonyl (C=O) groups excluding carboxylic acids is 4. The molecule has 2 aliphatic rings. The highest BCUT2D eigenvalue weighted by Crippen LogP contribution is 2.49. The number of nitrogens with zero attached hydrogens (tertiary/aromatic N) is 1. The Labute approximate surface area is 239 Å². The largest absolute Gasteiger partial charge is 0.463 e. The number of β-lactam (4-membered cyclic amide) rings is 1. The fourth-order valence-corrected chi connectivity index (χ4v) is 7.30. The molecule has 220 valence electrons. The molecule has 2 aliphatic heterocycles. The van der Waals surface area contributed by atoms with Gasteiger partial charge >= 0.3 is 18.0 Å². The maximum atomic E-state index is 13.4. The molecular formula is C29H34N2O9S. The van der Waals surface area contributed by atoms with Crippen LogP contribution in [0.3, 0.4) is 0 Å². The minimum Gasteiger partial charge on any atom is -0.463 e. The molecule has 2 aromatic rings. The average molecular weight is 587 g/mol. The molecule has 1 N–H and O–H groups in total.